The van der Waals surface area contributed by atoms with E-state index in [0.29, 0.717) is 6.42 Å². The summed E-state index contributed by atoms with van der Waals surface area (Å²) in [4.78, 5) is 45.4. The van der Waals surface area contributed by atoms with Crippen LogP contribution in [-0.2, 0) is 37.5 Å². The predicted molar refractivity (Wildman–Crippen MR) is 194 cm³/mol. The summed E-state index contributed by atoms with van der Waals surface area (Å²) in [5.41, 5.74) is 5.31. The molecule has 0 saturated heterocycles. The smallest absolute Gasteiger partial charge is 0.462 e. The molecule has 0 heterocycles. The molecule has 0 aromatic heterocycles. The third-order valence-electron chi connectivity index (χ3n) is 7.70. The maximum atomic E-state index is 12.4. The van der Waals surface area contributed by atoms with Gasteiger partial charge in [-0.25, -0.2) is 4.57 Å². The van der Waals surface area contributed by atoms with E-state index >= 15 is 0 Å². The predicted octanol–water partition coefficient (Wildman–Crippen LogP) is 8.64. The minimum atomic E-state index is -4.35. The van der Waals surface area contributed by atoms with Gasteiger partial charge in [0.15, 0.2) is 6.10 Å². The SMILES string of the molecule is CCCCCCCCCCCCCC(=O)OCC(COP(=O)(O)OCCN)OC(=O)CCCCCCCCCCCCC.CN(C)C=O. The Labute approximate surface area is 293 Å². The van der Waals surface area contributed by atoms with E-state index in [2.05, 4.69) is 13.8 Å². The van der Waals surface area contributed by atoms with Crippen LogP contribution < -0.4 is 5.73 Å². The van der Waals surface area contributed by atoms with Gasteiger partial charge in [0, 0.05) is 33.5 Å². The van der Waals surface area contributed by atoms with Crippen molar-refractivity contribution in [1.82, 2.24) is 4.90 Å². The molecule has 2 atom stereocenters. The summed E-state index contributed by atoms with van der Waals surface area (Å²) in [6.45, 7) is 3.71. The zero-order valence-electron chi connectivity index (χ0n) is 31.1. The van der Waals surface area contributed by atoms with Crippen molar-refractivity contribution in [3.8, 4) is 0 Å². The molecule has 1 amide bonds. The summed E-state index contributed by atoms with van der Waals surface area (Å²) >= 11 is 0. The first-order valence-corrected chi connectivity index (χ1v) is 20.4. The highest BCUT2D eigenvalue weighted by Crippen LogP contribution is 2.43. The lowest BCUT2D eigenvalue weighted by molar-refractivity contribution is -0.161. The van der Waals surface area contributed by atoms with Gasteiger partial charge in [0.2, 0.25) is 6.41 Å². The molecule has 0 aliphatic heterocycles. The minimum absolute atomic E-state index is 0.0575. The van der Waals surface area contributed by atoms with Crippen molar-refractivity contribution < 1.29 is 42.4 Å². The van der Waals surface area contributed by atoms with Crippen molar-refractivity contribution in [3.63, 3.8) is 0 Å². The second-order valence-electron chi connectivity index (χ2n) is 12.8. The Hall–Kier alpha value is -1.52. The molecule has 0 aromatic carbocycles. The summed E-state index contributed by atoms with van der Waals surface area (Å²) in [5, 5.41) is 0. The van der Waals surface area contributed by atoms with Crippen LogP contribution >= 0.6 is 7.82 Å². The molecular formula is C36H73N2O9P. The fraction of sp³-hybridized carbons (Fsp3) is 0.917. The third kappa shape index (κ3) is 38.9. The van der Waals surface area contributed by atoms with Gasteiger partial charge in [-0.3, -0.25) is 23.4 Å². The van der Waals surface area contributed by atoms with Crippen molar-refractivity contribution in [1.29, 1.82) is 0 Å². The molecule has 3 N–H and O–H groups in total. The molecular weight excluding hydrogens is 635 g/mol. The van der Waals surface area contributed by atoms with Crippen LogP contribution in [0.3, 0.4) is 0 Å². The van der Waals surface area contributed by atoms with Crippen LogP contribution in [0.1, 0.15) is 168 Å². The number of ether oxygens (including phenoxy) is 2. The Kier molecular flexibility index (Phi) is 37.2. The number of phosphoric acid groups is 1. The van der Waals surface area contributed by atoms with E-state index in [0.717, 1.165) is 38.5 Å². The van der Waals surface area contributed by atoms with Gasteiger partial charge in [0.05, 0.1) is 13.2 Å². The maximum absolute atomic E-state index is 12.4. The van der Waals surface area contributed by atoms with Gasteiger partial charge in [0.25, 0.3) is 0 Å². The van der Waals surface area contributed by atoms with Crippen molar-refractivity contribution in [2.24, 2.45) is 5.73 Å². The number of rotatable bonds is 34. The standard InChI is InChI=1S/C33H66NO8P.C3H7NO/c1-3-5-7-9-11-13-15-17-19-21-23-25-32(35)39-29-31(30-41-43(37,38)40-28-27-34)42-33(36)26-24-22-20-18-16-14-12-10-8-6-4-2;1-4(2)3-5/h31H,3-30,34H2,1-2H3,(H,37,38);3H,1-2H3. The fourth-order valence-electron chi connectivity index (χ4n) is 4.87. The average Bonchev–Trinajstić information content (AvgIpc) is 3.06. The summed E-state index contributed by atoms with van der Waals surface area (Å²) in [5.74, 6) is -0.824. The number of amides is 1. The first kappa shape index (κ1) is 48.6. The summed E-state index contributed by atoms with van der Waals surface area (Å²) in [6.07, 6.45) is 26.3. The Morgan fingerprint density at radius 1 is 0.667 bits per heavy atom. The number of nitrogens with zero attached hydrogens (tertiary/aromatic N) is 1. The van der Waals surface area contributed by atoms with E-state index in [1.165, 1.54) is 108 Å². The van der Waals surface area contributed by atoms with Gasteiger partial charge < -0.3 is 25.0 Å². The quantitative estimate of drug-likeness (QED) is 0.0287. The maximum Gasteiger partial charge on any atom is 0.472 e. The second kappa shape index (κ2) is 36.8. The monoisotopic (exact) mass is 709 g/mol. The van der Waals surface area contributed by atoms with Gasteiger partial charge in [0.1, 0.15) is 6.61 Å². The second-order valence-corrected chi connectivity index (χ2v) is 14.3. The van der Waals surface area contributed by atoms with Crippen LogP contribution in [0.15, 0.2) is 0 Å². The number of hydrogen-bond acceptors (Lipinski definition) is 9. The Balaban J connectivity index is 0. The Bertz CT molecular complexity index is 787. The number of carbonyl (C=O) groups is 3. The molecule has 0 aliphatic rings. The van der Waals surface area contributed by atoms with E-state index < -0.39 is 26.5 Å². The lowest BCUT2D eigenvalue weighted by atomic mass is 10.1. The lowest BCUT2D eigenvalue weighted by Gasteiger charge is -2.19. The molecule has 12 heteroatoms. The molecule has 0 rings (SSSR count). The highest BCUT2D eigenvalue weighted by Gasteiger charge is 2.25. The van der Waals surface area contributed by atoms with Crippen LogP contribution in [0.5, 0.6) is 0 Å². The first-order chi connectivity index (χ1) is 23.1. The molecule has 0 fully saturated rings. The van der Waals surface area contributed by atoms with E-state index in [1.807, 2.05) is 0 Å². The highest BCUT2D eigenvalue weighted by molar-refractivity contribution is 7.47. The molecule has 0 aromatic rings. The lowest BCUT2D eigenvalue weighted by Crippen LogP contribution is -2.29. The molecule has 11 nitrogen and oxygen atoms in total. The molecule has 0 saturated carbocycles. The average molecular weight is 709 g/mol. The Morgan fingerprint density at radius 3 is 1.42 bits per heavy atom. The fourth-order valence-corrected chi connectivity index (χ4v) is 5.63. The summed E-state index contributed by atoms with van der Waals surface area (Å²) < 4.78 is 32.5. The van der Waals surface area contributed by atoms with E-state index in [4.69, 9.17) is 24.3 Å². The third-order valence-corrected chi connectivity index (χ3v) is 8.69. The van der Waals surface area contributed by atoms with Crippen LogP contribution in [0.2, 0.25) is 0 Å². The summed E-state index contributed by atoms with van der Waals surface area (Å²) in [7, 11) is -0.980. The van der Waals surface area contributed by atoms with Crippen molar-refractivity contribution in [2.75, 3.05) is 40.5 Å². The van der Waals surface area contributed by atoms with Crippen molar-refractivity contribution in [2.45, 2.75) is 174 Å². The number of carbonyl (C=O) groups excluding carboxylic acids is 3. The van der Waals surface area contributed by atoms with Crippen molar-refractivity contribution in [3.05, 3.63) is 0 Å². The largest absolute Gasteiger partial charge is 0.472 e. The minimum Gasteiger partial charge on any atom is -0.462 e. The van der Waals surface area contributed by atoms with E-state index in [1.54, 1.807) is 14.1 Å². The highest BCUT2D eigenvalue weighted by atomic mass is 31.2. The van der Waals surface area contributed by atoms with Gasteiger partial charge in [-0.15, -0.1) is 0 Å². The number of hydrogen-bond donors (Lipinski definition) is 2. The first-order valence-electron chi connectivity index (χ1n) is 18.9. The van der Waals surface area contributed by atoms with Gasteiger partial charge in [-0.05, 0) is 12.8 Å². The molecule has 2 unspecified atom stereocenters. The molecule has 48 heavy (non-hydrogen) atoms. The molecule has 0 aliphatic carbocycles. The number of unbranched alkanes of at least 4 members (excludes halogenated alkanes) is 20. The van der Waals surface area contributed by atoms with Crippen LogP contribution in [0.25, 0.3) is 0 Å². The molecule has 0 bridgehead atoms. The van der Waals surface area contributed by atoms with Crippen LogP contribution in [-0.4, -0.2) is 74.7 Å². The zero-order chi connectivity index (χ0) is 36.1. The van der Waals surface area contributed by atoms with Crippen molar-refractivity contribution >= 4 is 26.2 Å². The van der Waals surface area contributed by atoms with Gasteiger partial charge in [-0.2, -0.15) is 0 Å². The number of phosphoric ester groups is 1. The molecule has 286 valence electrons. The molecule has 0 radical (unpaired) electrons. The van der Waals surface area contributed by atoms with Gasteiger partial charge >= 0.3 is 19.8 Å². The zero-order valence-corrected chi connectivity index (χ0v) is 32.0. The normalized spacial score (nSPS) is 12.8. The van der Waals surface area contributed by atoms with E-state index in [-0.39, 0.29) is 38.6 Å². The van der Waals surface area contributed by atoms with Crippen LogP contribution in [0.4, 0.5) is 0 Å². The Morgan fingerprint density at radius 2 is 1.04 bits per heavy atom. The summed E-state index contributed by atoms with van der Waals surface area (Å²) in [6, 6.07) is 0. The van der Waals surface area contributed by atoms with Crippen LogP contribution in [0, 0.1) is 0 Å². The number of nitrogens with two attached hydrogens (primary N) is 1. The topological polar surface area (TPSA) is 155 Å². The molecule has 0 spiro atoms. The van der Waals surface area contributed by atoms with E-state index in [9.17, 15) is 23.8 Å². The van der Waals surface area contributed by atoms with Gasteiger partial charge in [-0.1, -0.05) is 142 Å². The number of esters is 2.